The number of benzene rings is 2. The van der Waals surface area contributed by atoms with Gasteiger partial charge in [-0.05, 0) is 49.2 Å². The molecule has 1 atom stereocenters. The van der Waals surface area contributed by atoms with E-state index in [1.807, 2.05) is 50.2 Å². The van der Waals surface area contributed by atoms with Gasteiger partial charge in [-0.25, -0.2) is 4.39 Å². The molecule has 0 saturated carbocycles. The maximum Gasteiger partial charge on any atom is 0.294 e. The number of carbonyl (C=O) groups is 2. The molecule has 0 radical (unpaired) electrons. The van der Waals surface area contributed by atoms with Crippen molar-refractivity contribution >= 4 is 23.2 Å². The van der Waals surface area contributed by atoms with Crippen molar-refractivity contribution < 1.29 is 18.5 Å². The molecule has 0 saturated heterocycles. The van der Waals surface area contributed by atoms with Crippen LogP contribution in [0.4, 0.5) is 15.8 Å². The Labute approximate surface area is 168 Å². The summed E-state index contributed by atoms with van der Waals surface area (Å²) in [5, 5.41) is 3.00. The first kappa shape index (κ1) is 18.8. The molecule has 3 aromatic rings. The number of nitrogens with zero attached hydrogens (tertiary/aromatic N) is 2. The molecule has 0 bridgehead atoms. The number of carbonyl (C=O) groups excluding carboxylic acids is 2. The van der Waals surface area contributed by atoms with Crippen LogP contribution in [0.3, 0.4) is 0 Å². The Morgan fingerprint density at radius 1 is 1.03 bits per heavy atom. The number of hydrogen-bond donors (Lipinski definition) is 1. The van der Waals surface area contributed by atoms with E-state index in [9.17, 15) is 14.0 Å². The van der Waals surface area contributed by atoms with Gasteiger partial charge in [0.15, 0.2) is 6.20 Å². The summed E-state index contributed by atoms with van der Waals surface area (Å²) in [6, 6.07) is 16.0. The summed E-state index contributed by atoms with van der Waals surface area (Å²) in [6.07, 6.45) is 1.79. The molecule has 0 fully saturated rings. The lowest BCUT2D eigenvalue weighted by Crippen LogP contribution is -2.58. The molecule has 2 heterocycles. The SMILES string of the molecule is Cc1cccc(C)c1NC(=O)[C@@H]1c2cccc[n+]2CC(=O)N1c1ccc(F)cc1. The Morgan fingerprint density at radius 3 is 2.41 bits per heavy atom. The summed E-state index contributed by atoms with van der Waals surface area (Å²) in [5.41, 5.74) is 3.79. The number of halogens is 1. The van der Waals surface area contributed by atoms with E-state index in [0.29, 0.717) is 11.4 Å². The number of fused-ring (bicyclic) bond motifs is 1. The van der Waals surface area contributed by atoms with Gasteiger partial charge in [0, 0.05) is 23.5 Å². The van der Waals surface area contributed by atoms with Crippen molar-refractivity contribution in [2.75, 3.05) is 10.2 Å². The lowest BCUT2D eigenvalue weighted by atomic mass is 10.0. The van der Waals surface area contributed by atoms with Crippen molar-refractivity contribution in [3.05, 3.63) is 89.5 Å². The zero-order chi connectivity index (χ0) is 20.5. The number of hydrogen-bond acceptors (Lipinski definition) is 2. The molecule has 146 valence electrons. The highest BCUT2D eigenvalue weighted by atomic mass is 19.1. The normalized spacial score (nSPS) is 15.8. The second-order valence-corrected chi connectivity index (χ2v) is 7.15. The number of anilines is 2. The van der Waals surface area contributed by atoms with Crippen LogP contribution in [-0.2, 0) is 16.1 Å². The van der Waals surface area contributed by atoms with Gasteiger partial charge >= 0.3 is 0 Å². The third-order valence-electron chi connectivity index (χ3n) is 5.17. The first-order valence-electron chi connectivity index (χ1n) is 9.39. The van der Waals surface area contributed by atoms with Crippen LogP contribution in [0.25, 0.3) is 0 Å². The predicted molar refractivity (Wildman–Crippen MR) is 108 cm³/mol. The molecular weight excluding hydrogens is 369 g/mol. The van der Waals surface area contributed by atoms with E-state index in [4.69, 9.17) is 0 Å². The molecule has 0 unspecified atom stereocenters. The third-order valence-corrected chi connectivity index (χ3v) is 5.17. The minimum atomic E-state index is -0.873. The minimum Gasteiger partial charge on any atom is -0.323 e. The quantitative estimate of drug-likeness (QED) is 0.697. The first-order valence-corrected chi connectivity index (χ1v) is 9.39. The maximum atomic E-state index is 13.4. The van der Waals surface area contributed by atoms with Crippen LogP contribution in [0.5, 0.6) is 0 Å². The predicted octanol–water partition coefficient (Wildman–Crippen LogP) is 3.46. The molecule has 1 aliphatic heterocycles. The van der Waals surface area contributed by atoms with Crippen LogP contribution in [0, 0.1) is 19.7 Å². The van der Waals surface area contributed by atoms with Crippen molar-refractivity contribution in [2.24, 2.45) is 0 Å². The van der Waals surface area contributed by atoms with E-state index < -0.39 is 11.9 Å². The average Bonchev–Trinajstić information content (AvgIpc) is 2.70. The number of aromatic nitrogens is 1. The van der Waals surface area contributed by atoms with E-state index in [2.05, 4.69) is 5.32 Å². The molecule has 2 aromatic carbocycles. The van der Waals surface area contributed by atoms with Gasteiger partial charge in [0.1, 0.15) is 5.82 Å². The zero-order valence-electron chi connectivity index (χ0n) is 16.2. The Balaban J connectivity index is 1.80. The molecule has 6 heteroatoms. The topological polar surface area (TPSA) is 53.3 Å². The molecule has 29 heavy (non-hydrogen) atoms. The van der Waals surface area contributed by atoms with Crippen molar-refractivity contribution in [3.63, 3.8) is 0 Å². The Hall–Kier alpha value is -3.54. The van der Waals surface area contributed by atoms with Crippen LogP contribution < -0.4 is 14.8 Å². The monoisotopic (exact) mass is 390 g/mol. The fraction of sp³-hybridized carbons (Fsp3) is 0.174. The minimum absolute atomic E-state index is 0.112. The van der Waals surface area contributed by atoms with Crippen molar-refractivity contribution in [1.82, 2.24) is 0 Å². The summed E-state index contributed by atoms with van der Waals surface area (Å²) in [4.78, 5) is 27.9. The van der Waals surface area contributed by atoms with Crippen LogP contribution in [0.2, 0.25) is 0 Å². The van der Waals surface area contributed by atoms with Crippen molar-refractivity contribution in [3.8, 4) is 0 Å². The highest BCUT2D eigenvalue weighted by Crippen LogP contribution is 2.31. The van der Waals surface area contributed by atoms with E-state index in [1.165, 1.54) is 29.2 Å². The number of nitrogens with one attached hydrogen (secondary N) is 1. The Kier molecular flexibility index (Phi) is 4.84. The van der Waals surface area contributed by atoms with E-state index in [-0.39, 0.29) is 18.4 Å². The molecule has 1 aromatic heterocycles. The number of aryl methyl sites for hydroxylation is 2. The Bertz CT molecular complexity index is 1080. The fourth-order valence-electron chi connectivity index (χ4n) is 3.73. The van der Waals surface area contributed by atoms with Crippen LogP contribution >= 0.6 is 0 Å². The molecule has 2 amide bonds. The van der Waals surface area contributed by atoms with Crippen LogP contribution in [0.15, 0.2) is 66.9 Å². The zero-order valence-corrected chi connectivity index (χ0v) is 16.2. The number of pyridine rings is 1. The van der Waals surface area contributed by atoms with Crippen molar-refractivity contribution in [2.45, 2.75) is 26.4 Å². The van der Waals surface area contributed by atoms with Gasteiger partial charge in [0.05, 0.1) is 0 Å². The van der Waals surface area contributed by atoms with Gasteiger partial charge in [0.25, 0.3) is 11.8 Å². The third kappa shape index (κ3) is 3.49. The van der Waals surface area contributed by atoms with E-state index >= 15 is 0 Å². The van der Waals surface area contributed by atoms with Crippen molar-refractivity contribution in [1.29, 1.82) is 0 Å². The molecule has 5 nitrogen and oxygen atoms in total. The number of para-hydroxylation sites is 1. The largest absolute Gasteiger partial charge is 0.323 e. The summed E-state index contributed by atoms with van der Waals surface area (Å²) in [6.45, 7) is 3.96. The highest BCUT2D eigenvalue weighted by Gasteiger charge is 2.43. The molecule has 1 aliphatic rings. The van der Waals surface area contributed by atoms with Gasteiger partial charge in [0.2, 0.25) is 18.3 Å². The van der Waals surface area contributed by atoms with Gasteiger partial charge in [-0.3, -0.25) is 14.5 Å². The van der Waals surface area contributed by atoms with E-state index in [0.717, 1.165) is 16.8 Å². The first-order chi connectivity index (χ1) is 14.0. The van der Waals surface area contributed by atoms with Gasteiger partial charge in [-0.2, -0.15) is 4.57 Å². The summed E-state index contributed by atoms with van der Waals surface area (Å²) >= 11 is 0. The number of amides is 2. The molecule has 4 rings (SSSR count). The fourth-order valence-corrected chi connectivity index (χ4v) is 3.73. The Morgan fingerprint density at radius 2 is 1.72 bits per heavy atom. The molecule has 0 spiro atoms. The van der Waals surface area contributed by atoms with E-state index in [1.54, 1.807) is 10.8 Å². The summed E-state index contributed by atoms with van der Waals surface area (Å²) in [7, 11) is 0. The lowest BCUT2D eigenvalue weighted by molar-refractivity contribution is -0.695. The summed E-state index contributed by atoms with van der Waals surface area (Å²) in [5.74, 6) is -0.953. The highest BCUT2D eigenvalue weighted by molar-refractivity contribution is 6.05. The molecular formula is C23H21FN3O2+. The van der Waals surface area contributed by atoms with Gasteiger partial charge in [-0.1, -0.05) is 24.3 Å². The standard InChI is InChI=1S/C23H20FN3O2/c1-15-6-5-7-16(2)21(15)25-23(29)22-19-8-3-4-13-26(19)14-20(28)27(22)18-11-9-17(24)10-12-18/h3-13,22H,14H2,1-2H3/p+1/t22-/m0/s1. The second kappa shape index (κ2) is 7.47. The molecule has 1 N–H and O–H groups in total. The second-order valence-electron chi connectivity index (χ2n) is 7.15. The number of rotatable bonds is 3. The van der Waals surface area contributed by atoms with Gasteiger partial charge in [-0.15, -0.1) is 0 Å². The van der Waals surface area contributed by atoms with Crippen LogP contribution in [0.1, 0.15) is 22.9 Å². The van der Waals surface area contributed by atoms with Crippen LogP contribution in [-0.4, -0.2) is 11.8 Å². The summed E-state index contributed by atoms with van der Waals surface area (Å²) < 4.78 is 15.2. The maximum absolute atomic E-state index is 13.4. The lowest BCUT2D eigenvalue weighted by Gasteiger charge is -2.32. The average molecular weight is 390 g/mol. The van der Waals surface area contributed by atoms with Gasteiger partial charge < -0.3 is 5.32 Å². The smallest absolute Gasteiger partial charge is 0.294 e. The molecule has 0 aliphatic carbocycles.